The molecule has 0 radical (unpaired) electrons. The molecular formula is C15H16Cl2N4O. The Bertz CT molecular complexity index is 655. The van der Waals surface area contributed by atoms with Crippen LogP contribution < -0.4 is 11.1 Å². The third-order valence-electron chi connectivity index (χ3n) is 2.98. The van der Waals surface area contributed by atoms with Gasteiger partial charge in [-0.25, -0.2) is 4.99 Å². The third kappa shape index (κ3) is 4.34. The van der Waals surface area contributed by atoms with Gasteiger partial charge in [0.15, 0.2) is 0 Å². The minimum absolute atomic E-state index is 0.183. The molecular weight excluding hydrogens is 323 g/mol. The molecule has 7 heteroatoms. The number of carbonyl (C=O) groups is 1. The summed E-state index contributed by atoms with van der Waals surface area (Å²) in [5.41, 5.74) is 6.26. The van der Waals surface area contributed by atoms with Crippen molar-refractivity contribution in [1.82, 2.24) is 10.2 Å². The third-order valence-corrected chi connectivity index (χ3v) is 3.72. The number of carbonyl (C=O) groups excluding carboxylic acids is 1. The Morgan fingerprint density at radius 1 is 1.36 bits per heavy atom. The molecule has 1 aromatic carbocycles. The SMILES string of the molecule is C=C1N=C(NC(=O)Cc2ccc(Cl)c(Cl)c2)C=CN1CCN. The summed E-state index contributed by atoms with van der Waals surface area (Å²) in [5, 5.41) is 3.61. The number of aliphatic imine (C=N–C) groups is 1. The van der Waals surface area contributed by atoms with Gasteiger partial charge in [0.1, 0.15) is 11.7 Å². The van der Waals surface area contributed by atoms with Crippen LogP contribution in [0.3, 0.4) is 0 Å². The minimum Gasteiger partial charge on any atom is -0.332 e. The van der Waals surface area contributed by atoms with E-state index in [9.17, 15) is 4.79 Å². The van der Waals surface area contributed by atoms with Crippen molar-refractivity contribution in [2.24, 2.45) is 10.7 Å². The van der Waals surface area contributed by atoms with Gasteiger partial charge in [0.2, 0.25) is 5.91 Å². The maximum atomic E-state index is 12.0. The standard InChI is InChI=1S/C15H16Cl2N4O/c1-10-19-14(4-6-21(10)7-5-18)20-15(22)9-11-2-3-12(16)13(17)8-11/h2-4,6,8H,1,5,7,9,18H2,(H,19,20,22). The van der Waals surface area contributed by atoms with E-state index in [0.29, 0.717) is 34.8 Å². The summed E-state index contributed by atoms with van der Waals surface area (Å²) in [6.07, 6.45) is 3.68. The maximum absolute atomic E-state index is 12.0. The Morgan fingerprint density at radius 3 is 2.77 bits per heavy atom. The molecule has 1 amide bonds. The van der Waals surface area contributed by atoms with Gasteiger partial charge in [0.05, 0.1) is 16.5 Å². The van der Waals surface area contributed by atoms with Crippen molar-refractivity contribution in [3.05, 3.63) is 58.5 Å². The van der Waals surface area contributed by atoms with Gasteiger partial charge in [-0.2, -0.15) is 0 Å². The van der Waals surface area contributed by atoms with Crippen LogP contribution in [-0.4, -0.2) is 29.7 Å². The van der Waals surface area contributed by atoms with Gasteiger partial charge in [0, 0.05) is 19.3 Å². The molecule has 0 unspecified atom stereocenters. The van der Waals surface area contributed by atoms with E-state index in [2.05, 4.69) is 16.9 Å². The van der Waals surface area contributed by atoms with Crippen molar-refractivity contribution >= 4 is 34.9 Å². The van der Waals surface area contributed by atoms with Gasteiger partial charge in [0.25, 0.3) is 0 Å². The van der Waals surface area contributed by atoms with E-state index >= 15 is 0 Å². The maximum Gasteiger partial charge on any atom is 0.229 e. The molecule has 1 aliphatic rings. The molecule has 3 N–H and O–H groups in total. The fourth-order valence-electron chi connectivity index (χ4n) is 1.92. The Kier molecular flexibility index (Phi) is 5.60. The monoisotopic (exact) mass is 338 g/mol. The molecule has 0 fully saturated rings. The fraction of sp³-hybridized carbons (Fsp3) is 0.200. The van der Waals surface area contributed by atoms with Crippen LogP contribution in [0, 0.1) is 0 Å². The predicted octanol–water partition coefficient (Wildman–Crippen LogP) is 2.31. The zero-order valence-electron chi connectivity index (χ0n) is 11.9. The molecule has 0 atom stereocenters. The second kappa shape index (κ2) is 7.45. The molecule has 0 bridgehead atoms. The van der Waals surface area contributed by atoms with Crippen LogP contribution in [0.25, 0.3) is 0 Å². The highest BCUT2D eigenvalue weighted by Crippen LogP contribution is 2.22. The van der Waals surface area contributed by atoms with Crippen molar-refractivity contribution < 1.29 is 4.79 Å². The molecule has 0 saturated carbocycles. The topological polar surface area (TPSA) is 70.7 Å². The van der Waals surface area contributed by atoms with Gasteiger partial charge < -0.3 is 16.0 Å². The number of amidine groups is 1. The lowest BCUT2D eigenvalue weighted by Gasteiger charge is -2.23. The zero-order chi connectivity index (χ0) is 16.1. The first-order chi connectivity index (χ1) is 10.5. The lowest BCUT2D eigenvalue weighted by Crippen LogP contribution is -2.34. The second-order valence-electron chi connectivity index (χ2n) is 4.68. The highest BCUT2D eigenvalue weighted by atomic mass is 35.5. The number of halogens is 2. The van der Waals surface area contributed by atoms with Gasteiger partial charge in [-0.1, -0.05) is 35.8 Å². The van der Waals surface area contributed by atoms with Gasteiger partial charge >= 0.3 is 0 Å². The number of benzene rings is 1. The quantitative estimate of drug-likeness (QED) is 0.884. The molecule has 1 aromatic rings. The van der Waals surface area contributed by atoms with Crippen LogP contribution in [0.1, 0.15) is 5.56 Å². The lowest BCUT2D eigenvalue weighted by atomic mass is 10.1. The minimum atomic E-state index is -0.193. The summed E-state index contributed by atoms with van der Waals surface area (Å²) >= 11 is 11.8. The van der Waals surface area contributed by atoms with E-state index < -0.39 is 0 Å². The number of hydrogen-bond acceptors (Lipinski definition) is 4. The Morgan fingerprint density at radius 2 is 2.14 bits per heavy atom. The van der Waals surface area contributed by atoms with Gasteiger partial charge in [-0.15, -0.1) is 0 Å². The Labute approximate surface area is 139 Å². The molecule has 22 heavy (non-hydrogen) atoms. The van der Waals surface area contributed by atoms with Crippen molar-refractivity contribution in [3.8, 4) is 0 Å². The molecule has 1 heterocycles. The number of rotatable bonds is 4. The van der Waals surface area contributed by atoms with Crippen molar-refractivity contribution in [2.75, 3.05) is 13.1 Å². The highest BCUT2D eigenvalue weighted by Gasteiger charge is 2.12. The van der Waals surface area contributed by atoms with Gasteiger partial charge in [-0.3, -0.25) is 4.79 Å². The Hall–Kier alpha value is -1.82. The van der Waals surface area contributed by atoms with Crippen LogP contribution in [0.15, 0.2) is 47.9 Å². The summed E-state index contributed by atoms with van der Waals surface area (Å²) in [5.74, 6) is 0.794. The van der Waals surface area contributed by atoms with Crippen molar-refractivity contribution in [2.45, 2.75) is 6.42 Å². The first kappa shape index (κ1) is 16.5. The molecule has 1 aliphatic heterocycles. The molecule has 0 aliphatic carbocycles. The molecule has 5 nitrogen and oxygen atoms in total. The van der Waals surface area contributed by atoms with E-state index in [1.807, 2.05) is 4.90 Å². The highest BCUT2D eigenvalue weighted by molar-refractivity contribution is 6.42. The zero-order valence-corrected chi connectivity index (χ0v) is 13.4. The van der Waals surface area contributed by atoms with Crippen molar-refractivity contribution in [3.63, 3.8) is 0 Å². The van der Waals surface area contributed by atoms with E-state index in [1.165, 1.54) is 0 Å². The molecule has 116 valence electrons. The van der Waals surface area contributed by atoms with Crippen LogP contribution in [0.4, 0.5) is 0 Å². The molecule has 2 rings (SSSR count). The summed E-state index contributed by atoms with van der Waals surface area (Å²) in [7, 11) is 0. The average molecular weight is 339 g/mol. The second-order valence-corrected chi connectivity index (χ2v) is 5.50. The van der Waals surface area contributed by atoms with E-state index in [1.54, 1.807) is 30.5 Å². The largest absolute Gasteiger partial charge is 0.332 e. The van der Waals surface area contributed by atoms with Crippen LogP contribution in [0.2, 0.25) is 10.0 Å². The summed E-state index contributed by atoms with van der Waals surface area (Å²) < 4.78 is 0. The molecule has 0 spiro atoms. The summed E-state index contributed by atoms with van der Waals surface area (Å²) in [4.78, 5) is 18.1. The molecule has 0 saturated heterocycles. The van der Waals surface area contributed by atoms with Gasteiger partial charge in [-0.05, 0) is 23.8 Å². The van der Waals surface area contributed by atoms with E-state index in [0.717, 1.165) is 5.56 Å². The van der Waals surface area contributed by atoms with Crippen molar-refractivity contribution in [1.29, 1.82) is 0 Å². The first-order valence-corrected chi connectivity index (χ1v) is 7.41. The predicted molar refractivity (Wildman–Crippen MR) is 89.8 cm³/mol. The van der Waals surface area contributed by atoms with Crippen LogP contribution >= 0.6 is 23.2 Å². The average Bonchev–Trinajstić information content (AvgIpc) is 2.46. The number of nitrogens with two attached hydrogens (primary N) is 1. The van der Waals surface area contributed by atoms with E-state index in [4.69, 9.17) is 28.9 Å². The number of nitrogens with one attached hydrogen (secondary N) is 1. The number of nitrogens with zero attached hydrogens (tertiary/aromatic N) is 2. The van der Waals surface area contributed by atoms with E-state index in [-0.39, 0.29) is 12.3 Å². The van der Waals surface area contributed by atoms with Crippen LogP contribution in [0.5, 0.6) is 0 Å². The number of hydrogen-bond donors (Lipinski definition) is 2. The lowest BCUT2D eigenvalue weighted by molar-refractivity contribution is -0.119. The smallest absolute Gasteiger partial charge is 0.229 e. The normalized spacial score (nSPS) is 14.0. The summed E-state index contributed by atoms with van der Waals surface area (Å²) in [6, 6.07) is 5.09. The first-order valence-electron chi connectivity index (χ1n) is 6.66. The molecule has 0 aromatic heterocycles. The van der Waals surface area contributed by atoms with Crippen LogP contribution in [-0.2, 0) is 11.2 Å². The summed E-state index contributed by atoms with van der Waals surface area (Å²) in [6.45, 7) is 4.95. The fourth-order valence-corrected chi connectivity index (χ4v) is 2.24. The Balaban J connectivity index is 1.95. The number of amides is 1.